The molecule has 0 radical (unpaired) electrons. The summed E-state index contributed by atoms with van der Waals surface area (Å²) in [4.78, 5) is 2.51. The van der Waals surface area contributed by atoms with E-state index < -0.39 is 0 Å². The van der Waals surface area contributed by atoms with Crippen molar-refractivity contribution in [1.29, 1.82) is 5.41 Å². The van der Waals surface area contributed by atoms with Crippen molar-refractivity contribution in [2.75, 3.05) is 32.1 Å². The smallest absolute Gasteiger partial charge is 0.0372 e. The molecule has 2 aromatic rings. The number of anilines is 1. The van der Waals surface area contributed by atoms with Gasteiger partial charge < -0.3 is 15.6 Å². The zero-order valence-electron chi connectivity index (χ0n) is 20.2. The molecule has 30 heavy (non-hydrogen) atoms. The fourth-order valence-electron chi connectivity index (χ4n) is 2.66. The molecule has 0 amide bonds. The van der Waals surface area contributed by atoms with Gasteiger partial charge in [-0.05, 0) is 76.2 Å². The summed E-state index contributed by atoms with van der Waals surface area (Å²) in [6.07, 6.45) is 8.25. The largest absolute Gasteiger partial charge is 0.372 e. The van der Waals surface area contributed by atoms with E-state index in [-0.39, 0.29) is 0 Å². The number of rotatable bonds is 3. The van der Waals surface area contributed by atoms with Crippen LogP contribution >= 0.6 is 0 Å². The van der Waals surface area contributed by atoms with Gasteiger partial charge in [0.25, 0.3) is 0 Å². The third-order valence-electron chi connectivity index (χ3n) is 3.96. The van der Waals surface area contributed by atoms with E-state index in [0.717, 1.165) is 6.42 Å². The van der Waals surface area contributed by atoms with Gasteiger partial charge in [-0.15, -0.1) is 6.58 Å². The van der Waals surface area contributed by atoms with Gasteiger partial charge in [0.15, 0.2) is 0 Å². The lowest BCUT2D eigenvalue weighted by molar-refractivity contribution is 0.578. The molecule has 0 bridgehead atoms. The van der Waals surface area contributed by atoms with E-state index in [9.17, 15) is 0 Å². The SMILES string of the molecule is C=CCC.CC.CC=N.CNC.c1ccc(-c2cccc(N3CCCCC3)c2)cc1. The van der Waals surface area contributed by atoms with Crippen molar-refractivity contribution in [2.45, 2.75) is 53.4 Å². The van der Waals surface area contributed by atoms with Gasteiger partial charge in [0.05, 0.1) is 0 Å². The highest BCUT2D eigenvalue weighted by Crippen LogP contribution is 2.26. The molecule has 1 heterocycles. The van der Waals surface area contributed by atoms with E-state index in [0.29, 0.717) is 0 Å². The van der Waals surface area contributed by atoms with Gasteiger partial charge >= 0.3 is 0 Å². The van der Waals surface area contributed by atoms with Crippen LogP contribution in [0.3, 0.4) is 0 Å². The van der Waals surface area contributed by atoms with Crippen LogP contribution in [0, 0.1) is 5.41 Å². The van der Waals surface area contributed by atoms with Gasteiger partial charge in [-0.25, -0.2) is 0 Å². The number of hydrogen-bond acceptors (Lipinski definition) is 3. The van der Waals surface area contributed by atoms with E-state index in [4.69, 9.17) is 5.41 Å². The lowest BCUT2D eigenvalue weighted by Gasteiger charge is -2.29. The molecule has 1 fully saturated rings. The second kappa shape index (κ2) is 22.9. The van der Waals surface area contributed by atoms with Crippen LogP contribution in [0.15, 0.2) is 67.3 Å². The van der Waals surface area contributed by atoms with Crippen LogP contribution in [-0.4, -0.2) is 33.4 Å². The highest BCUT2D eigenvalue weighted by molar-refractivity contribution is 5.68. The molecule has 0 aromatic heterocycles. The van der Waals surface area contributed by atoms with Crippen molar-refractivity contribution in [3.63, 3.8) is 0 Å². The standard InChI is InChI=1S/C17H19N.C4H8.C2H7N.C2H5N.C2H6/c1-3-8-15(9-4-1)16-10-7-11-17(14-16)18-12-5-2-6-13-18;1-3-4-2;1-3-2;1-2-3;1-2/h1,3-4,7-11,14H,2,5-6,12-13H2;3H,1,4H2,2H3;3H,1-2H3;2-3H,1H3;1-2H3. The maximum Gasteiger partial charge on any atom is 0.0372 e. The molecule has 0 spiro atoms. The predicted molar refractivity (Wildman–Crippen MR) is 139 cm³/mol. The minimum absolute atomic E-state index is 1.08. The number of piperidine rings is 1. The average molecular weight is 412 g/mol. The third kappa shape index (κ3) is 14.6. The number of nitrogens with zero attached hydrogens (tertiary/aromatic N) is 1. The summed E-state index contributed by atoms with van der Waals surface area (Å²) in [5.41, 5.74) is 3.99. The van der Waals surface area contributed by atoms with Crippen molar-refractivity contribution in [3.05, 3.63) is 67.3 Å². The number of hydrogen-bond donors (Lipinski definition) is 2. The van der Waals surface area contributed by atoms with Crippen molar-refractivity contribution in [2.24, 2.45) is 0 Å². The monoisotopic (exact) mass is 411 g/mol. The molecule has 2 aromatic carbocycles. The molecule has 1 aliphatic rings. The van der Waals surface area contributed by atoms with Gasteiger partial charge in [-0.2, -0.15) is 0 Å². The molecule has 3 rings (SSSR count). The van der Waals surface area contributed by atoms with E-state index in [1.54, 1.807) is 6.92 Å². The molecular weight excluding hydrogens is 366 g/mol. The van der Waals surface area contributed by atoms with Crippen LogP contribution in [-0.2, 0) is 0 Å². The Labute approximate surface area is 186 Å². The molecule has 0 unspecified atom stereocenters. The fourth-order valence-corrected chi connectivity index (χ4v) is 2.66. The summed E-state index contributed by atoms with van der Waals surface area (Å²) >= 11 is 0. The molecule has 3 heteroatoms. The molecule has 3 nitrogen and oxygen atoms in total. The summed E-state index contributed by atoms with van der Waals surface area (Å²) in [6, 6.07) is 19.5. The molecule has 0 aliphatic carbocycles. The van der Waals surface area contributed by atoms with Gasteiger partial charge in [-0.1, -0.05) is 69.3 Å². The van der Waals surface area contributed by atoms with E-state index in [2.05, 4.69) is 78.3 Å². The highest BCUT2D eigenvalue weighted by Gasteiger charge is 2.11. The van der Waals surface area contributed by atoms with Crippen LogP contribution in [0.5, 0.6) is 0 Å². The minimum Gasteiger partial charge on any atom is -0.372 e. The summed E-state index contributed by atoms with van der Waals surface area (Å²) in [5, 5.41) is 8.83. The van der Waals surface area contributed by atoms with E-state index >= 15 is 0 Å². The summed E-state index contributed by atoms with van der Waals surface area (Å²) < 4.78 is 0. The normalized spacial score (nSPS) is 11.5. The van der Waals surface area contributed by atoms with Crippen molar-refractivity contribution in [3.8, 4) is 11.1 Å². The Morgan fingerprint density at radius 3 is 1.87 bits per heavy atom. The highest BCUT2D eigenvalue weighted by atomic mass is 15.1. The lowest BCUT2D eigenvalue weighted by Crippen LogP contribution is -2.29. The zero-order valence-corrected chi connectivity index (χ0v) is 20.2. The zero-order chi connectivity index (χ0) is 23.0. The summed E-state index contributed by atoms with van der Waals surface area (Å²) in [6.45, 7) is 13.6. The van der Waals surface area contributed by atoms with Crippen molar-refractivity contribution in [1.82, 2.24) is 5.32 Å². The van der Waals surface area contributed by atoms with Crippen LogP contribution in [0.1, 0.15) is 53.4 Å². The summed E-state index contributed by atoms with van der Waals surface area (Å²) in [7, 11) is 3.75. The quantitative estimate of drug-likeness (QED) is 0.407. The predicted octanol–water partition coefficient (Wildman–Crippen LogP) is 7.44. The Balaban J connectivity index is 0. The Morgan fingerprint density at radius 1 is 0.933 bits per heavy atom. The van der Waals surface area contributed by atoms with Crippen LogP contribution < -0.4 is 10.2 Å². The first kappa shape index (κ1) is 29.8. The van der Waals surface area contributed by atoms with E-state index in [1.807, 2.05) is 34.0 Å². The number of allylic oxidation sites excluding steroid dienone is 1. The lowest BCUT2D eigenvalue weighted by atomic mass is 10.0. The maximum absolute atomic E-state index is 6.08. The van der Waals surface area contributed by atoms with Crippen LogP contribution in [0.25, 0.3) is 11.1 Å². The first-order valence-corrected chi connectivity index (χ1v) is 11.2. The molecule has 1 aliphatic heterocycles. The first-order valence-electron chi connectivity index (χ1n) is 11.2. The van der Waals surface area contributed by atoms with E-state index in [1.165, 1.54) is 55.4 Å². The van der Waals surface area contributed by atoms with Gasteiger partial charge in [0.2, 0.25) is 0 Å². The van der Waals surface area contributed by atoms with Crippen LogP contribution in [0.4, 0.5) is 5.69 Å². The third-order valence-corrected chi connectivity index (χ3v) is 3.96. The average Bonchev–Trinajstić information content (AvgIpc) is 2.83. The fraction of sp³-hybridized carbons (Fsp3) is 0.444. The van der Waals surface area contributed by atoms with Crippen molar-refractivity contribution >= 4 is 11.9 Å². The van der Waals surface area contributed by atoms with Crippen molar-refractivity contribution < 1.29 is 0 Å². The second-order valence-corrected chi connectivity index (χ2v) is 6.45. The second-order valence-electron chi connectivity index (χ2n) is 6.45. The molecule has 168 valence electrons. The van der Waals surface area contributed by atoms with Gasteiger partial charge in [-0.3, -0.25) is 0 Å². The topological polar surface area (TPSA) is 39.1 Å². The Kier molecular flexibility index (Phi) is 22.7. The first-order chi connectivity index (χ1) is 14.7. The maximum atomic E-state index is 6.08. The molecule has 0 saturated carbocycles. The van der Waals surface area contributed by atoms with Gasteiger partial charge in [0.1, 0.15) is 0 Å². The van der Waals surface area contributed by atoms with Crippen LogP contribution in [0.2, 0.25) is 0 Å². The Hall–Kier alpha value is -2.39. The summed E-state index contributed by atoms with van der Waals surface area (Å²) in [5.74, 6) is 0. The number of benzene rings is 2. The molecular formula is C27H45N3. The molecule has 1 saturated heterocycles. The Bertz CT molecular complexity index is 617. The minimum atomic E-state index is 1.08. The van der Waals surface area contributed by atoms with Gasteiger partial charge in [0, 0.05) is 18.8 Å². The molecule has 0 atom stereocenters. The number of nitrogens with one attached hydrogen (secondary N) is 2. The molecule has 2 N–H and O–H groups in total. The Morgan fingerprint density at radius 2 is 1.40 bits per heavy atom.